The number of carbonyl (C=O) groups excluding carboxylic acids is 2. The Kier molecular flexibility index (Phi) is 10.9. The molecule has 1 N–H and O–H groups in total. The van der Waals surface area contributed by atoms with Crippen molar-refractivity contribution in [3.05, 3.63) is 124 Å². The molecule has 4 rings (SSSR count). The Morgan fingerprint density at radius 1 is 0.886 bits per heavy atom. The van der Waals surface area contributed by atoms with Crippen LogP contribution in [0.1, 0.15) is 16.7 Å². The standard InChI is InChI=1S/C33H33Cl2N3O5S/c1-23-15-17-27(18-16-23)44(41,42)38(29-14-8-13-28(34)32(29)35)22-31(39)37(21-25-11-7-12-26(19-25)43-3)30(33(40)36-2)20-24-9-5-4-6-10-24/h4-19,30H,20-22H2,1-3H3,(H,36,40)/t30-/m1/s1. The molecule has 0 bridgehead atoms. The molecule has 0 heterocycles. The SMILES string of the molecule is CNC(=O)[C@@H](Cc1ccccc1)N(Cc1cccc(OC)c1)C(=O)CN(c1cccc(Cl)c1Cl)S(=O)(=O)c1ccc(C)cc1. The van der Waals surface area contributed by atoms with E-state index in [9.17, 15) is 18.0 Å². The molecule has 4 aromatic rings. The molecule has 44 heavy (non-hydrogen) atoms. The molecule has 4 aromatic carbocycles. The van der Waals surface area contributed by atoms with Gasteiger partial charge in [0.05, 0.1) is 27.7 Å². The molecule has 0 radical (unpaired) electrons. The van der Waals surface area contributed by atoms with Crippen molar-refractivity contribution in [1.82, 2.24) is 10.2 Å². The number of benzene rings is 4. The van der Waals surface area contributed by atoms with Crippen LogP contribution in [0, 0.1) is 6.92 Å². The number of sulfonamides is 1. The summed E-state index contributed by atoms with van der Waals surface area (Å²) in [5.41, 5.74) is 2.42. The topological polar surface area (TPSA) is 96.0 Å². The molecule has 230 valence electrons. The molecular formula is C33H33Cl2N3O5S. The largest absolute Gasteiger partial charge is 0.497 e. The van der Waals surface area contributed by atoms with Crippen molar-refractivity contribution >= 4 is 50.7 Å². The zero-order valence-corrected chi connectivity index (χ0v) is 26.9. The number of rotatable bonds is 12. The third kappa shape index (κ3) is 7.72. The molecule has 2 amide bonds. The number of methoxy groups -OCH3 is 1. The molecule has 0 aliphatic heterocycles. The van der Waals surface area contributed by atoms with Gasteiger partial charge in [-0.3, -0.25) is 13.9 Å². The summed E-state index contributed by atoms with van der Waals surface area (Å²) in [5, 5.41) is 2.77. The van der Waals surface area contributed by atoms with E-state index in [4.69, 9.17) is 27.9 Å². The third-order valence-corrected chi connectivity index (χ3v) is 9.68. The van der Waals surface area contributed by atoms with Crippen molar-refractivity contribution in [2.45, 2.75) is 30.8 Å². The van der Waals surface area contributed by atoms with E-state index < -0.39 is 34.4 Å². The number of hydrogen-bond donors (Lipinski definition) is 1. The molecule has 0 aliphatic carbocycles. The molecule has 0 unspecified atom stereocenters. The number of nitrogens with one attached hydrogen (secondary N) is 1. The fourth-order valence-electron chi connectivity index (χ4n) is 4.72. The summed E-state index contributed by atoms with van der Waals surface area (Å²) in [7, 11) is -1.28. The fraction of sp³-hybridized carbons (Fsp3) is 0.212. The molecule has 0 saturated heterocycles. The van der Waals surface area contributed by atoms with Crippen LogP contribution in [0.2, 0.25) is 10.0 Å². The van der Waals surface area contributed by atoms with Crippen molar-refractivity contribution in [1.29, 1.82) is 0 Å². The van der Waals surface area contributed by atoms with Crippen molar-refractivity contribution in [2.75, 3.05) is 25.0 Å². The molecule has 0 aromatic heterocycles. The van der Waals surface area contributed by atoms with Crippen LogP contribution >= 0.6 is 23.2 Å². The van der Waals surface area contributed by atoms with E-state index >= 15 is 0 Å². The second-order valence-electron chi connectivity index (χ2n) is 10.1. The van der Waals surface area contributed by atoms with E-state index in [0.717, 1.165) is 15.4 Å². The average Bonchev–Trinajstić information content (AvgIpc) is 3.03. The number of carbonyl (C=O) groups is 2. The van der Waals surface area contributed by atoms with Crippen LogP contribution in [0.4, 0.5) is 5.69 Å². The number of likely N-dealkylation sites (N-methyl/N-ethyl adjacent to an activating group) is 1. The van der Waals surface area contributed by atoms with Gasteiger partial charge in [-0.05, 0) is 54.4 Å². The Bertz CT molecular complexity index is 1720. The van der Waals surface area contributed by atoms with E-state index in [-0.39, 0.29) is 33.6 Å². The zero-order valence-electron chi connectivity index (χ0n) is 24.5. The third-order valence-electron chi connectivity index (χ3n) is 7.09. The van der Waals surface area contributed by atoms with Crippen molar-refractivity contribution < 1.29 is 22.7 Å². The number of amides is 2. The van der Waals surface area contributed by atoms with Crippen molar-refractivity contribution in [2.24, 2.45) is 0 Å². The number of ether oxygens (including phenoxy) is 1. The second-order valence-corrected chi connectivity index (χ2v) is 12.7. The van der Waals surface area contributed by atoms with Crippen molar-refractivity contribution in [3.8, 4) is 5.75 Å². The van der Waals surface area contributed by atoms with E-state index in [1.54, 1.807) is 42.5 Å². The highest BCUT2D eigenvalue weighted by atomic mass is 35.5. The van der Waals surface area contributed by atoms with Gasteiger partial charge in [-0.2, -0.15) is 0 Å². The van der Waals surface area contributed by atoms with E-state index in [2.05, 4.69) is 5.32 Å². The zero-order chi connectivity index (χ0) is 31.9. The van der Waals surface area contributed by atoms with Crippen LogP contribution in [0.3, 0.4) is 0 Å². The van der Waals surface area contributed by atoms with Gasteiger partial charge in [0, 0.05) is 20.0 Å². The lowest BCUT2D eigenvalue weighted by atomic mass is 10.0. The predicted molar refractivity (Wildman–Crippen MR) is 174 cm³/mol. The van der Waals surface area contributed by atoms with Gasteiger partial charge >= 0.3 is 0 Å². The first-order chi connectivity index (χ1) is 21.0. The average molecular weight is 655 g/mol. The quantitative estimate of drug-likeness (QED) is 0.206. The molecule has 1 atom stereocenters. The van der Waals surface area contributed by atoms with Crippen LogP contribution in [0.25, 0.3) is 0 Å². The first-order valence-electron chi connectivity index (χ1n) is 13.8. The number of nitrogens with zero attached hydrogens (tertiary/aromatic N) is 2. The van der Waals surface area contributed by atoms with E-state index in [1.165, 1.54) is 43.3 Å². The normalized spacial score (nSPS) is 11.8. The van der Waals surface area contributed by atoms with Crippen LogP contribution in [-0.2, 0) is 32.6 Å². The van der Waals surface area contributed by atoms with Crippen molar-refractivity contribution in [3.63, 3.8) is 0 Å². The molecule has 0 fully saturated rings. The number of halogens is 2. The van der Waals surface area contributed by atoms with Gasteiger partial charge in [0.15, 0.2) is 0 Å². The lowest BCUT2D eigenvalue weighted by molar-refractivity contribution is -0.139. The number of hydrogen-bond acceptors (Lipinski definition) is 5. The Morgan fingerprint density at radius 3 is 2.20 bits per heavy atom. The highest BCUT2D eigenvalue weighted by Gasteiger charge is 2.35. The van der Waals surface area contributed by atoms with Crippen LogP contribution in [0.5, 0.6) is 5.75 Å². The summed E-state index contributed by atoms with van der Waals surface area (Å²) >= 11 is 12.8. The first-order valence-corrected chi connectivity index (χ1v) is 16.0. The summed E-state index contributed by atoms with van der Waals surface area (Å²) < 4.78 is 34.5. The lowest BCUT2D eigenvalue weighted by Crippen LogP contribution is -2.53. The molecule has 0 spiro atoms. The van der Waals surface area contributed by atoms with Gasteiger partial charge in [-0.1, -0.05) is 89.4 Å². The molecule has 8 nitrogen and oxygen atoms in total. The Morgan fingerprint density at radius 2 is 1.55 bits per heavy atom. The summed E-state index contributed by atoms with van der Waals surface area (Å²) in [5.74, 6) is -0.452. The molecule has 0 aliphatic rings. The fourth-order valence-corrected chi connectivity index (χ4v) is 6.60. The predicted octanol–water partition coefficient (Wildman–Crippen LogP) is 5.89. The van der Waals surface area contributed by atoms with Gasteiger partial charge in [-0.25, -0.2) is 8.42 Å². The van der Waals surface area contributed by atoms with E-state index in [1.807, 2.05) is 37.3 Å². The van der Waals surface area contributed by atoms with Gasteiger partial charge in [-0.15, -0.1) is 0 Å². The van der Waals surface area contributed by atoms with Crippen LogP contribution < -0.4 is 14.4 Å². The molecule has 11 heteroatoms. The van der Waals surface area contributed by atoms with Gasteiger partial charge in [0.1, 0.15) is 18.3 Å². The summed E-state index contributed by atoms with van der Waals surface area (Å²) in [6.07, 6.45) is 0.193. The molecular weight excluding hydrogens is 621 g/mol. The maximum absolute atomic E-state index is 14.4. The van der Waals surface area contributed by atoms with Gasteiger partial charge in [0.25, 0.3) is 10.0 Å². The smallest absolute Gasteiger partial charge is 0.264 e. The summed E-state index contributed by atoms with van der Waals surface area (Å²) in [6.45, 7) is 1.19. The summed E-state index contributed by atoms with van der Waals surface area (Å²) in [4.78, 5) is 29.1. The minimum atomic E-state index is -4.31. The van der Waals surface area contributed by atoms with E-state index in [0.29, 0.717) is 11.3 Å². The first kappa shape index (κ1) is 32.9. The lowest BCUT2D eigenvalue weighted by Gasteiger charge is -2.34. The molecule has 0 saturated carbocycles. The Hall–Kier alpha value is -4.05. The minimum Gasteiger partial charge on any atom is -0.497 e. The highest BCUT2D eigenvalue weighted by molar-refractivity contribution is 7.92. The van der Waals surface area contributed by atoms with Gasteiger partial charge < -0.3 is 15.0 Å². The maximum Gasteiger partial charge on any atom is 0.264 e. The monoisotopic (exact) mass is 653 g/mol. The van der Waals surface area contributed by atoms with Crippen LogP contribution in [-0.4, -0.2) is 51.9 Å². The van der Waals surface area contributed by atoms with Gasteiger partial charge in [0.2, 0.25) is 11.8 Å². The number of aryl methyl sites for hydroxylation is 1. The summed E-state index contributed by atoms with van der Waals surface area (Å²) in [6, 6.07) is 26.3. The second kappa shape index (κ2) is 14.6. The van der Waals surface area contributed by atoms with Crippen LogP contribution in [0.15, 0.2) is 102 Å². The Balaban J connectivity index is 1.82. The highest BCUT2D eigenvalue weighted by Crippen LogP contribution is 2.35. The Labute approximate surface area is 268 Å². The number of anilines is 1. The minimum absolute atomic E-state index is 0.00263. The maximum atomic E-state index is 14.4.